The van der Waals surface area contributed by atoms with E-state index in [0.717, 1.165) is 5.56 Å². The van der Waals surface area contributed by atoms with Gasteiger partial charge in [-0.05, 0) is 26.0 Å². The minimum Gasteiger partial charge on any atom is -0.410 e. The predicted molar refractivity (Wildman–Crippen MR) is 86.5 cm³/mol. The number of nitrogens with zero attached hydrogens (tertiary/aromatic N) is 3. The van der Waals surface area contributed by atoms with Gasteiger partial charge in [0.2, 0.25) is 11.8 Å². The SMILES string of the molecule is Cc1ccc(OC(=O)N2CCN3C(=O)[C@H](C)N(C)C(=O)[C@H]3C2)cc1. The van der Waals surface area contributed by atoms with Crippen LogP contribution in [0.3, 0.4) is 0 Å². The van der Waals surface area contributed by atoms with Crippen LogP contribution in [0.5, 0.6) is 5.75 Å². The van der Waals surface area contributed by atoms with Crippen LogP contribution in [0, 0.1) is 6.92 Å². The number of rotatable bonds is 1. The van der Waals surface area contributed by atoms with Crippen LogP contribution in [0.15, 0.2) is 24.3 Å². The summed E-state index contributed by atoms with van der Waals surface area (Å²) in [4.78, 5) is 41.6. The summed E-state index contributed by atoms with van der Waals surface area (Å²) in [5, 5.41) is 0. The Morgan fingerprint density at radius 1 is 1.12 bits per heavy atom. The van der Waals surface area contributed by atoms with E-state index in [4.69, 9.17) is 4.74 Å². The lowest BCUT2D eigenvalue weighted by molar-refractivity contribution is -0.162. The van der Waals surface area contributed by atoms with Gasteiger partial charge in [0.05, 0.1) is 6.54 Å². The minimum atomic E-state index is -0.627. The van der Waals surface area contributed by atoms with E-state index >= 15 is 0 Å². The molecule has 0 aliphatic carbocycles. The van der Waals surface area contributed by atoms with Crippen molar-refractivity contribution in [2.24, 2.45) is 0 Å². The van der Waals surface area contributed by atoms with Crippen molar-refractivity contribution in [2.45, 2.75) is 25.9 Å². The van der Waals surface area contributed by atoms with Crippen molar-refractivity contribution in [3.8, 4) is 5.75 Å². The van der Waals surface area contributed by atoms with Crippen LogP contribution in [0.2, 0.25) is 0 Å². The average Bonchev–Trinajstić information content (AvgIpc) is 2.59. The lowest BCUT2D eigenvalue weighted by atomic mass is 10.0. The molecule has 2 heterocycles. The summed E-state index contributed by atoms with van der Waals surface area (Å²) in [7, 11) is 1.62. The Morgan fingerprint density at radius 3 is 2.46 bits per heavy atom. The van der Waals surface area contributed by atoms with Crippen molar-refractivity contribution in [1.29, 1.82) is 0 Å². The number of amides is 3. The molecule has 0 radical (unpaired) electrons. The van der Waals surface area contributed by atoms with Gasteiger partial charge in [-0.1, -0.05) is 17.7 Å². The quantitative estimate of drug-likeness (QED) is 0.765. The smallest absolute Gasteiger partial charge is 0.410 e. The fourth-order valence-electron chi connectivity index (χ4n) is 3.03. The molecule has 24 heavy (non-hydrogen) atoms. The molecular weight excluding hydrogens is 310 g/mol. The summed E-state index contributed by atoms with van der Waals surface area (Å²) in [5.74, 6) is 0.244. The molecule has 2 saturated heterocycles. The van der Waals surface area contributed by atoms with Crippen molar-refractivity contribution < 1.29 is 19.1 Å². The largest absolute Gasteiger partial charge is 0.415 e. The van der Waals surface area contributed by atoms with Crippen LogP contribution in [0.4, 0.5) is 4.79 Å². The van der Waals surface area contributed by atoms with E-state index < -0.39 is 18.2 Å². The number of hydrogen-bond acceptors (Lipinski definition) is 4. The zero-order valence-electron chi connectivity index (χ0n) is 14.1. The van der Waals surface area contributed by atoms with Crippen molar-refractivity contribution in [3.05, 3.63) is 29.8 Å². The van der Waals surface area contributed by atoms with Crippen LogP contribution < -0.4 is 4.74 Å². The molecule has 0 saturated carbocycles. The Kier molecular flexibility index (Phi) is 4.17. The van der Waals surface area contributed by atoms with Gasteiger partial charge >= 0.3 is 6.09 Å². The third kappa shape index (κ3) is 2.81. The van der Waals surface area contributed by atoms with E-state index in [1.165, 1.54) is 9.80 Å². The monoisotopic (exact) mass is 331 g/mol. The van der Waals surface area contributed by atoms with Crippen LogP contribution >= 0.6 is 0 Å². The molecule has 7 nitrogen and oxygen atoms in total. The number of carbonyl (C=O) groups is 3. The summed E-state index contributed by atoms with van der Waals surface area (Å²) in [6, 6.07) is 6.10. The molecule has 2 aliphatic heterocycles. The second-order valence-corrected chi connectivity index (χ2v) is 6.30. The first-order chi connectivity index (χ1) is 11.4. The number of ether oxygens (including phenoxy) is 1. The first-order valence-corrected chi connectivity index (χ1v) is 7.99. The van der Waals surface area contributed by atoms with Gasteiger partial charge in [-0.15, -0.1) is 0 Å². The highest BCUT2D eigenvalue weighted by Gasteiger charge is 2.45. The molecule has 2 fully saturated rings. The third-order valence-electron chi connectivity index (χ3n) is 4.72. The highest BCUT2D eigenvalue weighted by Crippen LogP contribution is 2.22. The lowest BCUT2D eigenvalue weighted by Gasteiger charge is -2.47. The van der Waals surface area contributed by atoms with Gasteiger partial charge in [0.1, 0.15) is 17.8 Å². The predicted octanol–water partition coefficient (Wildman–Crippen LogP) is 0.867. The maximum Gasteiger partial charge on any atom is 0.415 e. The van der Waals surface area contributed by atoms with Crippen molar-refractivity contribution in [2.75, 3.05) is 26.7 Å². The third-order valence-corrected chi connectivity index (χ3v) is 4.72. The molecule has 0 bridgehead atoms. The Morgan fingerprint density at radius 2 is 1.79 bits per heavy atom. The normalized spacial score (nSPS) is 24.0. The van der Waals surface area contributed by atoms with Gasteiger partial charge in [-0.25, -0.2) is 4.79 Å². The summed E-state index contributed by atoms with van der Waals surface area (Å²) in [6.07, 6.45) is -0.500. The molecule has 0 aromatic heterocycles. The Bertz CT molecular complexity index is 673. The number of carbonyl (C=O) groups excluding carboxylic acids is 3. The van der Waals surface area contributed by atoms with Crippen LogP contribution in [0.1, 0.15) is 12.5 Å². The topological polar surface area (TPSA) is 70.2 Å². The fourth-order valence-corrected chi connectivity index (χ4v) is 3.03. The second kappa shape index (κ2) is 6.14. The molecule has 128 valence electrons. The van der Waals surface area contributed by atoms with Crippen LogP contribution in [-0.2, 0) is 9.59 Å². The minimum absolute atomic E-state index is 0.0753. The number of hydrogen-bond donors (Lipinski definition) is 0. The van der Waals surface area contributed by atoms with E-state index in [9.17, 15) is 14.4 Å². The molecule has 3 amide bonds. The number of likely N-dealkylation sites (N-methyl/N-ethyl adjacent to an activating group) is 1. The maximum absolute atomic E-state index is 12.4. The van der Waals surface area contributed by atoms with E-state index in [2.05, 4.69) is 0 Å². The van der Waals surface area contributed by atoms with Gasteiger partial charge in [-0.2, -0.15) is 0 Å². The molecule has 0 N–H and O–H groups in total. The molecule has 0 spiro atoms. The maximum atomic E-state index is 12.4. The summed E-state index contributed by atoms with van der Waals surface area (Å²) < 4.78 is 5.36. The standard InChI is InChI=1S/C17H21N3O4/c1-11-4-6-13(7-5-11)24-17(23)19-8-9-20-14(10-19)16(22)18(3)12(2)15(20)21/h4-7,12,14H,8-10H2,1-3H3/t12-,14+/m0/s1. The molecule has 1 aromatic carbocycles. The summed E-state index contributed by atoms with van der Waals surface area (Å²) in [5.41, 5.74) is 1.08. The Balaban J connectivity index is 1.69. The van der Waals surface area contributed by atoms with E-state index in [-0.39, 0.29) is 18.4 Å². The fraction of sp³-hybridized carbons (Fsp3) is 0.471. The summed E-state index contributed by atoms with van der Waals surface area (Å²) >= 11 is 0. The van der Waals surface area contributed by atoms with Crippen molar-refractivity contribution in [1.82, 2.24) is 14.7 Å². The molecule has 7 heteroatoms. The first kappa shape index (κ1) is 16.3. The number of aryl methyl sites for hydroxylation is 1. The molecule has 3 rings (SSSR count). The zero-order valence-corrected chi connectivity index (χ0v) is 14.1. The molecule has 1 aromatic rings. The van der Waals surface area contributed by atoms with Crippen LogP contribution in [0.25, 0.3) is 0 Å². The molecule has 0 unspecified atom stereocenters. The van der Waals surface area contributed by atoms with Gasteiger partial charge in [0.25, 0.3) is 0 Å². The molecule has 2 atom stereocenters. The lowest BCUT2D eigenvalue weighted by Crippen LogP contribution is -2.69. The molecule has 2 aliphatic rings. The average molecular weight is 331 g/mol. The highest BCUT2D eigenvalue weighted by atomic mass is 16.6. The van der Waals surface area contributed by atoms with Gasteiger partial charge in [0, 0.05) is 20.1 Å². The highest BCUT2D eigenvalue weighted by molar-refractivity contribution is 5.97. The van der Waals surface area contributed by atoms with E-state index in [1.807, 2.05) is 19.1 Å². The summed E-state index contributed by atoms with van der Waals surface area (Å²) in [6.45, 7) is 4.53. The zero-order chi connectivity index (χ0) is 17.4. The van der Waals surface area contributed by atoms with E-state index in [1.54, 1.807) is 31.0 Å². The van der Waals surface area contributed by atoms with Gasteiger partial charge in [0.15, 0.2) is 0 Å². The van der Waals surface area contributed by atoms with Crippen molar-refractivity contribution in [3.63, 3.8) is 0 Å². The molecular formula is C17H21N3O4. The van der Waals surface area contributed by atoms with Crippen LogP contribution in [-0.4, -0.2) is 71.4 Å². The number of fused-ring (bicyclic) bond motifs is 1. The van der Waals surface area contributed by atoms with Gasteiger partial charge in [-0.3, -0.25) is 9.59 Å². The number of piperazine rings is 2. The number of benzene rings is 1. The Labute approximate surface area is 140 Å². The first-order valence-electron chi connectivity index (χ1n) is 7.99. The van der Waals surface area contributed by atoms with E-state index in [0.29, 0.717) is 18.8 Å². The Hall–Kier alpha value is -2.57. The second-order valence-electron chi connectivity index (χ2n) is 6.30. The van der Waals surface area contributed by atoms with Crippen molar-refractivity contribution >= 4 is 17.9 Å². The van der Waals surface area contributed by atoms with Gasteiger partial charge < -0.3 is 19.4 Å².